The topological polar surface area (TPSA) is 47.8 Å². The summed E-state index contributed by atoms with van der Waals surface area (Å²) in [5, 5.41) is 16.2. The fraction of sp³-hybridized carbons (Fsp3) is 0.533. The summed E-state index contributed by atoms with van der Waals surface area (Å²) < 4.78 is 0. The predicted molar refractivity (Wildman–Crippen MR) is 81.7 cm³/mol. The maximum absolute atomic E-state index is 9.29. The lowest BCUT2D eigenvalue weighted by Gasteiger charge is -2.11. The molecule has 0 atom stereocenters. The Kier molecular flexibility index (Phi) is 5.56. The fourth-order valence-electron chi connectivity index (χ4n) is 1.97. The normalized spacial score (nSPS) is 14.1. The summed E-state index contributed by atoms with van der Waals surface area (Å²) in [6.07, 6.45) is 3.76. The molecule has 4 heteroatoms. The first-order valence-corrected chi connectivity index (χ1v) is 7.97. The molecule has 0 heterocycles. The monoisotopic (exact) mass is 275 g/mol. The van der Waals surface area contributed by atoms with Crippen LogP contribution in [-0.2, 0) is 0 Å². The van der Waals surface area contributed by atoms with Crippen molar-refractivity contribution in [2.75, 3.05) is 24.2 Å². The lowest BCUT2D eigenvalue weighted by molar-refractivity contribution is 0.659. The Morgan fingerprint density at radius 1 is 1.37 bits per heavy atom. The second kappa shape index (κ2) is 7.42. The van der Waals surface area contributed by atoms with E-state index in [1.165, 1.54) is 12.8 Å². The number of hydrogen-bond acceptors (Lipinski definition) is 4. The lowest BCUT2D eigenvalue weighted by atomic mass is 10.2. The number of hydrogen-bond donors (Lipinski definition) is 2. The van der Waals surface area contributed by atoms with E-state index in [0.717, 1.165) is 47.5 Å². The highest BCUT2D eigenvalue weighted by molar-refractivity contribution is 7.99. The van der Waals surface area contributed by atoms with Crippen molar-refractivity contribution in [3.8, 4) is 6.07 Å². The number of nitrogens with zero attached hydrogens (tertiary/aromatic N) is 1. The minimum absolute atomic E-state index is 0.777. The van der Waals surface area contributed by atoms with E-state index in [9.17, 15) is 5.26 Å². The van der Waals surface area contributed by atoms with E-state index in [4.69, 9.17) is 0 Å². The van der Waals surface area contributed by atoms with Gasteiger partial charge in [0.1, 0.15) is 6.07 Å². The molecule has 0 bridgehead atoms. The van der Waals surface area contributed by atoms with Crippen LogP contribution in [0.1, 0.15) is 31.7 Å². The molecular weight excluding hydrogens is 254 g/mol. The molecule has 1 fully saturated rings. The number of nitriles is 1. The third-order valence-corrected chi connectivity index (χ3v) is 4.06. The van der Waals surface area contributed by atoms with Gasteiger partial charge in [-0.1, -0.05) is 13.0 Å². The molecule has 0 spiro atoms. The molecule has 1 aromatic carbocycles. The summed E-state index contributed by atoms with van der Waals surface area (Å²) in [6, 6.07) is 9.13. The van der Waals surface area contributed by atoms with Crippen LogP contribution in [0.2, 0.25) is 0 Å². The van der Waals surface area contributed by atoms with Crippen LogP contribution in [0.25, 0.3) is 0 Å². The SMILES string of the molecule is CCSc1cccc(NCCCNC2CC2)c1C#N. The molecule has 3 nitrogen and oxygen atoms in total. The van der Waals surface area contributed by atoms with Gasteiger partial charge in [0.2, 0.25) is 0 Å². The van der Waals surface area contributed by atoms with Gasteiger partial charge in [0.15, 0.2) is 0 Å². The van der Waals surface area contributed by atoms with Crippen molar-refractivity contribution < 1.29 is 0 Å². The molecule has 1 saturated carbocycles. The van der Waals surface area contributed by atoms with Crippen LogP contribution in [0.5, 0.6) is 0 Å². The molecule has 2 N–H and O–H groups in total. The zero-order chi connectivity index (χ0) is 13.5. The van der Waals surface area contributed by atoms with Gasteiger partial charge in [0.05, 0.1) is 11.3 Å². The van der Waals surface area contributed by atoms with Crippen molar-refractivity contribution in [2.24, 2.45) is 0 Å². The molecule has 0 radical (unpaired) electrons. The number of anilines is 1. The third kappa shape index (κ3) is 4.45. The smallest absolute Gasteiger partial charge is 0.102 e. The maximum Gasteiger partial charge on any atom is 0.102 e. The van der Waals surface area contributed by atoms with Gasteiger partial charge < -0.3 is 10.6 Å². The number of thioether (sulfide) groups is 1. The molecule has 0 aromatic heterocycles. The first kappa shape index (κ1) is 14.2. The minimum Gasteiger partial charge on any atom is -0.384 e. The highest BCUT2D eigenvalue weighted by Crippen LogP contribution is 2.27. The summed E-state index contributed by atoms with van der Waals surface area (Å²) in [7, 11) is 0. The Morgan fingerprint density at radius 3 is 2.89 bits per heavy atom. The third-order valence-electron chi connectivity index (χ3n) is 3.12. The van der Waals surface area contributed by atoms with Crippen molar-refractivity contribution in [1.29, 1.82) is 5.26 Å². The molecule has 102 valence electrons. The van der Waals surface area contributed by atoms with E-state index in [1.54, 1.807) is 11.8 Å². The summed E-state index contributed by atoms with van der Waals surface area (Å²) in [6.45, 7) is 4.08. The van der Waals surface area contributed by atoms with Gasteiger partial charge in [-0.3, -0.25) is 0 Å². The second-order valence-corrected chi connectivity index (χ2v) is 6.04. The number of benzene rings is 1. The van der Waals surface area contributed by atoms with Gasteiger partial charge in [0, 0.05) is 17.5 Å². The van der Waals surface area contributed by atoms with Crippen LogP contribution in [-0.4, -0.2) is 24.9 Å². The number of nitrogens with one attached hydrogen (secondary N) is 2. The van der Waals surface area contributed by atoms with Crippen molar-refractivity contribution >= 4 is 17.4 Å². The lowest BCUT2D eigenvalue weighted by Crippen LogP contribution is -2.20. The van der Waals surface area contributed by atoms with Crippen LogP contribution in [0.3, 0.4) is 0 Å². The van der Waals surface area contributed by atoms with Crippen LogP contribution < -0.4 is 10.6 Å². The Balaban J connectivity index is 1.84. The van der Waals surface area contributed by atoms with Gasteiger partial charge in [-0.25, -0.2) is 0 Å². The van der Waals surface area contributed by atoms with E-state index in [-0.39, 0.29) is 0 Å². The number of rotatable bonds is 8. The second-order valence-electron chi connectivity index (χ2n) is 4.73. The highest BCUT2D eigenvalue weighted by Gasteiger charge is 2.19. The molecule has 1 aliphatic carbocycles. The predicted octanol–water partition coefficient (Wildman–Crippen LogP) is 3.22. The maximum atomic E-state index is 9.29. The molecule has 0 aliphatic heterocycles. The Labute approximate surface area is 119 Å². The van der Waals surface area contributed by atoms with Crippen LogP contribution >= 0.6 is 11.8 Å². The molecule has 0 saturated heterocycles. The summed E-state index contributed by atoms with van der Waals surface area (Å²) in [4.78, 5) is 1.08. The van der Waals surface area contributed by atoms with Gasteiger partial charge in [-0.15, -0.1) is 11.8 Å². The zero-order valence-electron chi connectivity index (χ0n) is 11.4. The summed E-state index contributed by atoms with van der Waals surface area (Å²) in [5.74, 6) is 0.990. The van der Waals surface area contributed by atoms with Crippen molar-refractivity contribution in [3.63, 3.8) is 0 Å². The first-order valence-electron chi connectivity index (χ1n) is 6.98. The van der Waals surface area contributed by atoms with Crippen molar-refractivity contribution in [2.45, 2.75) is 37.1 Å². The van der Waals surface area contributed by atoms with Gasteiger partial charge >= 0.3 is 0 Å². The van der Waals surface area contributed by atoms with E-state index in [1.807, 2.05) is 18.2 Å². The summed E-state index contributed by atoms with van der Waals surface area (Å²) >= 11 is 1.72. The average Bonchev–Trinajstić information content (AvgIpc) is 3.23. The van der Waals surface area contributed by atoms with Crippen molar-refractivity contribution in [3.05, 3.63) is 23.8 Å². The quantitative estimate of drug-likeness (QED) is 0.565. The highest BCUT2D eigenvalue weighted by atomic mass is 32.2. The summed E-state index contributed by atoms with van der Waals surface area (Å²) in [5.41, 5.74) is 1.75. The molecular formula is C15H21N3S. The van der Waals surface area contributed by atoms with Crippen LogP contribution in [0.15, 0.2) is 23.1 Å². The largest absolute Gasteiger partial charge is 0.384 e. The average molecular weight is 275 g/mol. The molecule has 19 heavy (non-hydrogen) atoms. The molecule has 2 rings (SSSR count). The zero-order valence-corrected chi connectivity index (χ0v) is 12.2. The van der Waals surface area contributed by atoms with Gasteiger partial charge in [0.25, 0.3) is 0 Å². The van der Waals surface area contributed by atoms with Gasteiger partial charge in [-0.2, -0.15) is 5.26 Å². The van der Waals surface area contributed by atoms with E-state index in [2.05, 4.69) is 23.6 Å². The minimum atomic E-state index is 0.777. The van der Waals surface area contributed by atoms with Crippen molar-refractivity contribution in [1.82, 2.24) is 5.32 Å². The molecule has 1 aliphatic rings. The van der Waals surface area contributed by atoms with E-state index in [0.29, 0.717) is 0 Å². The molecule has 0 amide bonds. The fourth-order valence-corrected chi connectivity index (χ4v) is 2.76. The van der Waals surface area contributed by atoms with Gasteiger partial charge in [-0.05, 0) is 43.7 Å². The molecule has 1 aromatic rings. The first-order chi connectivity index (χ1) is 9.35. The Morgan fingerprint density at radius 2 is 2.21 bits per heavy atom. The molecule has 0 unspecified atom stereocenters. The Hall–Kier alpha value is -1.18. The van der Waals surface area contributed by atoms with E-state index >= 15 is 0 Å². The Bertz CT molecular complexity index is 449. The van der Waals surface area contributed by atoms with Crippen LogP contribution in [0, 0.1) is 11.3 Å². The van der Waals surface area contributed by atoms with E-state index < -0.39 is 0 Å². The van der Waals surface area contributed by atoms with Crippen LogP contribution in [0.4, 0.5) is 5.69 Å². The standard InChI is InChI=1S/C15H21N3S/c1-2-19-15-6-3-5-14(13(15)11-16)18-10-4-9-17-12-7-8-12/h3,5-6,12,17-18H,2,4,7-10H2,1H3.